The third-order valence-corrected chi connectivity index (χ3v) is 4.78. The van der Waals surface area contributed by atoms with E-state index in [0.29, 0.717) is 12.8 Å². The maximum absolute atomic E-state index is 13.6. The molecule has 0 saturated carbocycles. The van der Waals surface area contributed by atoms with E-state index < -0.39 is 21.5 Å². The number of nitrogens with zero attached hydrogens (tertiary/aromatic N) is 1. The van der Waals surface area contributed by atoms with Crippen LogP contribution >= 0.6 is 0 Å². The molecule has 0 amide bonds. The van der Waals surface area contributed by atoms with E-state index in [1.54, 1.807) is 0 Å². The molecular weight excluding hydrogens is 276 g/mol. The number of nitrogens with one attached hydrogen (secondary N) is 2. The first-order chi connectivity index (χ1) is 8.91. The topological polar surface area (TPSA) is 71.1 Å². The molecule has 2 rings (SSSR count). The van der Waals surface area contributed by atoms with Crippen LogP contribution in [0.1, 0.15) is 12.8 Å². The Morgan fingerprint density at radius 3 is 2.37 bits per heavy atom. The highest BCUT2D eigenvalue weighted by Crippen LogP contribution is 2.22. The highest BCUT2D eigenvalue weighted by atomic mass is 32.2. The lowest BCUT2D eigenvalue weighted by molar-refractivity contribution is 0.551. The van der Waals surface area contributed by atoms with Gasteiger partial charge in [0.2, 0.25) is 0 Å². The van der Waals surface area contributed by atoms with Crippen molar-refractivity contribution in [3.8, 4) is 0 Å². The van der Waals surface area contributed by atoms with Gasteiger partial charge < -0.3 is 10.6 Å². The summed E-state index contributed by atoms with van der Waals surface area (Å²) >= 11 is 0. The van der Waals surface area contributed by atoms with E-state index in [9.17, 15) is 17.2 Å². The molecule has 1 fully saturated rings. The average Bonchev–Trinajstić information content (AvgIpc) is 2.35. The summed E-state index contributed by atoms with van der Waals surface area (Å²) in [6, 6.07) is 0.585. The molecule has 1 aliphatic rings. The van der Waals surface area contributed by atoms with Gasteiger partial charge in [-0.25, -0.2) is 22.2 Å². The smallest absolute Gasteiger partial charge is 0.168 e. The molecule has 106 valence electrons. The molecule has 0 atom stereocenters. The van der Waals surface area contributed by atoms with Gasteiger partial charge in [-0.3, -0.25) is 0 Å². The standard InChI is InChI=1S/C11H15F2N3O2S/c1-14-10-8(12)6-9(13)11(16-10)15-7-2-4-19(17,18)5-3-7/h6-7H,2-5H2,1H3,(H2,14,15,16). The summed E-state index contributed by atoms with van der Waals surface area (Å²) in [6.07, 6.45) is 0.797. The number of rotatable bonds is 3. The lowest BCUT2D eigenvalue weighted by Gasteiger charge is -2.23. The van der Waals surface area contributed by atoms with Crippen molar-refractivity contribution < 1.29 is 17.2 Å². The fourth-order valence-electron chi connectivity index (χ4n) is 1.97. The second kappa shape index (κ2) is 5.28. The number of hydrogen-bond acceptors (Lipinski definition) is 5. The van der Waals surface area contributed by atoms with Crippen molar-refractivity contribution in [1.82, 2.24) is 4.98 Å². The van der Waals surface area contributed by atoms with Gasteiger partial charge in [0.05, 0.1) is 11.5 Å². The number of anilines is 2. The Kier molecular flexibility index (Phi) is 3.88. The molecule has 0 aliphatic carbocycles. The van der Waals surface area contributed by atoms with Gasteiger partial charge in [0.15, 0.2) is 23.3 Å². The normalized spacial score (nSPS) is 19.1. The fourth-order valence-corrected chi connectivity index (χ4v) is 3.46. The maximum Gasteiger partial charge on any atom is 0.168 e. The van der Waals surface area contributed by atoms with Crippen molar-refractivity contribution in [3.63, 3.8) is 0 Å². The second-order valence-electron chi connectivity index (χ2n) is 4.47. The van der Waals surface area contributed by atoms with Crippen molar-refractivity contribution in [2.24, 2.45) is 0 Å². The monoisotopic (exact) mass is 291 g/mol. The van der Waals surface area contributed by atoms with Crippen LogP contribution in [0.25, 0.3) is 0 Å². The minimum atomic E-state index is -2.96. The summed E-state index contributed by atoms with van der Waals surface area (Å²) in [5.41, 5.74) is 0. The van der Waals surface area contributed by atoms with E-state index in [0.717, 1.165) is 6.07 Å². The summed E-state index contributed by atoms with van der Waals surface area (Å²) in [5, 5.41) is 5.36. The molecule has 2 N–H and O–H groups in total. The van der Waals surface area contributed by atoms with Crippen LogP contribution in [0.4, 0.5) is 20.4 Å². The van der Waals surface area contributed by atoms with Crippen LogP contribution in [0.15, 0.2) is 6.07 Å². The van der Waals surface area contributed by atoms with Crippen molar-refractivity contribution in [2.45, 2.75) is 18.9 Å². The van der Waals surface area contributed by atoms with Crippen LogP contribution in [-0.4, -0.2) is 38.0 Å². The highest BCUT2D eigenvalue weighted by Gasteiger charge is 2.24. The zero-order valence-corrected chi connectivity index (χ0v) is 11.2. The molecule has 5 nitrogen and oxygen atoms in total. The van der Waals surface area contributed by atoms with Crippen LogP contribution in [0.2, 0.25) is 0 Å². The first-order valence-electron chi connectivity index (χ1n) is 5.92. The quantitative estimate of drug-likeness (QED) is 0.880. The van der Waals surface area contributed by atoms with Gasteiger partial charge in [0, 0.05) is 19.2 Å². The molecule has 1 aromatic rings. The van der Waals surface area contributed by atoms with E-state index >= 15 is 0 Å². The predicted molar refractivity (Wildman–Crippen MR) is 69.0 cm³/mol. The Hall–Kier alpha value is -1.44. The van der Waals surface area contributed by atoms with Crippen LogP contribution < -0.4 is 10.6 Å². The van der Waals surface area contributed by atoms with Gasteiger partial charge in [-0.15, -0.1) is 0 Å². The third-order valence-electron chi connectivity index (χ3n) is 3.06. The van der Waals surface area contributed by atoms with E-state index in [1.165, 1.54) is 7.05 Å². The molecule has 0 spiro atoms. The van der Waals surface area contributed by atoms with E-state index in [1.807, 2.05) is 0 Å². The molecule has 0 radical (unpaired) electrons. The van der Waals surface area contributed by atoms with E-state index in [4.69, 9.17) is 0 Å². The molecule has 8 heteroatoms. The number of pyridine rings is 1. The number of halogens is 2. The number of hydrogen-bond donors (Lipinski definition) is 2. The van der Waals surface area contributed by atoms with Crippen molar-refractivity contribution in [1.29, 1.82) is 0 Å². The molecular formula is C11H15F2N3O2S. The Morgan fingerprint density at radius 2 is 1.79 bits per heavy atom. The third kappa shape index (κ3) is 3.31. The van der Waals surface area contributed by atoms with Gasteiger partial charge in [0.1, 0.15) is 9.84 Å². The average molecular weight is 291 g/mol. The first kappa shape index (κ1) is 14.0. The molecule has 1 saturated heterocycles. The predicted octanol–water partition coefficient (Wildman–Crippen LogP) is 1.39. The summed E-state index contributed by atoms with van der Waals surface area (Å²) < 4.78 is 49.4. The van der Waals surface area contributed by atoms with Crippen LogP contribution in [0, 0.1) is 11.6 Å². The van der Waals surface area contributed by atoms with Crippen LogP contribution in [0.5, 0.6) is 0 Å². The molecule has 19 heavy (non-hydrogen) atoms. The van der Waals surface area contributed by atoms with Gasteiger partial charge in [-0.2, -0.15) is 0 Å². The SMILES string of the molecule is CNc1nc(NC2CCS(=O)(=O)CC2)c(F)cc1F. The van der Waals surface area contributed by atoms with E-state index in [2.05, 4.69) is 15.6 Å². The molecule has 0 aromatic carbocycles. The van der Waals surface area contributed by atoms with Crippen LogP contribution in [0.3, 0.4) is 0 Å². The zero-order chi connectivity index (χ0) is 14.0. The van der Waals surface area contributed by atoms with E-state index in [-0.39, 0.29) is 29.2 Å². The lowest BCUT2D eigenvalue weighted by atomic mass is 10.1. The molecule has 2 heterocycles. The number of sulfone groups is 1. The molecule has 1 aliphatic heterocycles. The zero-order valence-electron chi connectivity index (χ0n) is 10.4. The number of aromatic nitrogens is 1. The Bertz CT molecular complexity index is 564. The summed E-state index contributed by atoms with van der Waals surface area (Å²) in [5.74, 6) is -1.51. The lowest BCUT2D eigenvalue weighted by Crippen LogP contribution is -2.32. The second-order valence-corrected chi connectivity index (χ2v) is 6.77. The Labute approximate surface area is 110 Å². The van der Waals surface area contributed by atoms with Crippen LogP contribution in [-0.2, 0) is 9.84 Å². The minimum Gasteiger partial charge on any atom is -0.371 e. The van der Waals surface area contributed by atoms with Gasteiger partial charge >= 0.3 is 0 Å². The molecule has 0 bridgehead atoms. The first-order valence-corrected chi connectivity index (χ1v) is 7.74. The van der Waals surface area contributed by atoms with Gasteiger partial charge in [0.25, 0.3) is 0 Å². The largest absolute Gasteiger partial charge is 0.371 e. The maximum atomic E-state index is 13.6. The summed E-state index contributed by atoms with van der Waals surface area (Å²) in [4.78, 5) is 3.80. The fraction of sp³-hybridized carbons (Fsp3) is 0.545. The van der Waals surface area contributed by atoms with Gasteiger partial charge in [-0.05, 0) is 12.8 Å². The Morgan fingerprint density at radius 1 is 1.21 bits per heavy atom. The van der Waals surface area contributed by atoms with Gasteiger partial charge in [-0.1, -0.05) is 0 Å². The van der Waals surface area contributed by atoms with Crippen molar-refractivity contribution in [2.75, 3.05) is 29.2 Å². The highest BCUT2D eigenvalue weighted by molar-refractivity contribution is 7.91. The molecule has 1 aromatic heterocycles. The van der Waals surface area contributed by atoms with Crippen molar-refractivity contribution >= 4 is 21.5 Å². The minimum absolute atomic E-state index is 0.0488. The summed E-state index contributed by atoms with van der Waals surface area (Å²) in [7, 11) is -1.48. The molecule has 0 unspecified atom stereocenters. The summed E-state index contributed by atoms with van der Waals surface area (Å²) in [6.45, 7) is 0. The Balaban J connectivity index is 2.11. The van der Waals surface area contributed by atoms with Crippen molar-refractivity contribution in [3.05, 3.63) is 17.7 Å².